The van der Waals surface area contributed by atoms with Gasteiger partial charge in [-0.3, -0.25) is 0 Å². The van der Waals surface area contributed by atoms with Gasteiger partial charge < -0.3 is 0 Å². The lowest BCUT2D eigenvalue weighted by Crippen LogP contribution is -1.86. The Bertz CT molecular complexity index is 940. The van der Waals surface area contributed by atoms with E-state index >= 15 is 0 Å². The molecule has 1 heterocycles. The first-order valence-electron chi connectivity index (χ1n) is 7.17. The molecule has 0 unspecified atom stereocenters. The van der Waals surface area contributed by atoms with Gasteiger partial charge in [0.2, 0.25) is 0 Å². The van der Waals surface area contributed by atoms with E-state index in [0.29, 0.717) is 0 Å². The highest BCUT2D eigenvalue weighted by molar-refractivity contribution is 6.06. The molecule has 0 bridgehead atoms. The maximum Gasteiger partial charge on any atom is 0.0715 e. The van der Waals surface area contributed by atoms with Crippen LogP contribution in [0.3, 0.4) is 0 Å². The first-order valence-corrected chi connectivity index (χ1v) is 7.17. The number of hydrogen-bond acceptors (Lipinski definition) is 1. The molecule has 0 aliphatic heterocycles. The van der Waals surface area contributed by atoms with Crippen LogP contribution in [-0.4, -0.2) is 4.98 Å². The predicted octanol–water partition coefficient (Wildman–Crippen LogP) is 5.36. The lowest BCUT2D eigenvalue weighted by Gasteiger charge is -2.07. The summed E-state index contributed by atoms with van der Waals surface area (Å²) < 4.78 is 0. The maximum absolute atomic E-state index is 4.83. The molecule has 0 fully saturated rings. The maximum atomic E-state index is 4.83. The highest BCUT2D eigenvalue weighted by Gasteiger charge is 2.04. The van der Waals surface area contributed by atoms with Crippen molar-refractivity contribution in [3.63, 3.8) is 0 Å². The van der Waals surface area contributed by atoms with Crippen molar-refractivity contribution in [1.29, 1.82) is 0 Å². The monoisotopic (exact) mass is 269 g/mol. The van der Waals surface area contributed by atoms with Crippen LogP contribution in [0, 0.1) is 6.92 Å². The van der Waals surface area contributed by atoms with Crippen molar-refractivity contribution >= 4 is 21.7 Å². The molecule has 100 valence electrons. The van der Waals surface area contributed by atoms with Gasteiger partial charge in [0.15, 0.2) is 0 Å². The summed E-state index contributed by atoms with van der Waals surface area (Å²) in [5.41, 5.74) is 4.51. The summed E-state index contributed by atoms with van der Waals surface area (Å²) in [6.07, 6.45) is 0. The lowest BCUT2D eigenvalue weighted by atomic mass is 10.0. The van der Waals surface area contributed by atoms with Crippen molar-refractivity contribution < 1.29 is 0 Å². The molecule has 4 rings (SSSR count). The first-order chi connectivity index (χ1) is 10.3. The van der Waals surface area contributed by atoms with Crippen molar-refractivity contribution in [2.75, 3.05) is 0 Å². The van der Waals surface area contributed by atoms with Gasteiger partial charge in [-0.05, 0) is 29.8 Å². The van der Waals surface area contributed by atoms with Gasteiger partial charge in [-0.15, -0.1) is 0 Å². The molecule has 0 amide bonds. The van der Waals surface area contributed by atoms with Crippen LogP contribution in [0.5, 0.6) is 0 Å². The summed E-state index contributed by atoms with van der Waals surface area (Å²) >= 11 is 0. The van der Waals surface area contributed by atoms with Crippen molar-refractivity contribution in [3.05, 3.63) is 78.4 Å². The zero-order chi connectivity index (χ0) is 14.2. The molecule has 0 spiro atoms. The van der Waals surface area contributed by atoms with Crippen molar-refractivity contribution in [3.8, 4) is 11.3 Å². The standard InChI is InChI=1S/C20H15N/c1-14-7-8-15-9-11-20-17(18(15)13-14)10-12-19(21-20)16-5-3-2-4-6-16/h2-13H,1H3. The highest BCUT2D eigenvalue weighted by Crippen LogP contribution is 2.27. The van der Waals surface area contributed by atoms with Crippen LogP contribution >= 0.6 is 0 Å². The van der Waals surface area contributed by atoms with Gasteiger partial charge in [-0.1, -0.05) is 66.2 Å². The molecule has 21 heavy (non-hydrogen) atoms. The number of aryl methyl sites for hydroxylation is 1. The number of aromatic nitrogens is 1. The van der Waals surface area contributed by atoms with E-state index in [1.807, 2.05) is 18.2 Å². The second kappa shape index (κ2) is 4.71. The van der Waals surface area contributed by atoms with Crippen LogP contribution in [0.25, 0.3) is 32.9 Å². The largest absolute Gasteiger partial charge is 0.248 e. The molecule has 0 N–H and O–H groups in total. The van der Waals surface area contributed by atoms with E-state index in [-0.39, 0.29) is 0 Å². The van der Waals surface area contributed by atoms with Crippen LogP contribution in [0.2, 0.25) is 0 Å². The smallest absolute Gasteiger partial charge is 0.0715 e. The van der Waals surface area contributed by atoms with E-state index in [9.17, 15) is 0 Å². The summed E-state index contributed by atoms with van der Waals surface area (Å²) in [6.45, 7) is 2.13. The first kappa shape index (κ1) is 12.1. The Kier molecular flexibility index (Phi) is 2.71. The third-order valence-corrected chi connectivity index (χ3v) is 3.91. The van der Waals surface area contributed by atoms with Gasteiger partial charge in [0.05, 0.1) is 11.2 Å². The van der Waals surface area contributed by atoms with Gasteiger partial charge in [0.1, 0.15) is 0 Å². The molecule has 1 heteroatoms. The summed E-state index contributed by atoms with van der Waals surface area (Å²) in [6, 6.07) is 25.4. The number of benzene rings is 3. The third kappa shape index (κ3) is 2.07. The lowest BCUT2D eigenvalue weighted by molar-refractivity contribution is 1.40. The Morgan fingerprint density at radius 1 is 0.714 bits per heavy atom. The van der Waals surface area contributed by atoms with Crippen LogP contribution in [0.1, 0.15) is 5.56 Å². The molecule has 0 saturated carbocycles. The minimum Gasteiger partial charge on any atom is -0.248 e. The average molecular weight is 269 g/mol. The second-order valence-corrected chi connectivity index (χ2v) is 5.42. The summed E-state index contributed by atoms with van der Waals surface area (Å²) in [7, 11) is 0. The topological polar surface area (TPSA) is 12.9 Å². The van der Waals surface area contributed by atoms with Crippen LogP contribution in [0.15, 0.2) is 72.8 Å². The number of hydrogen-bond donors (Lipinski definition) is 0. The minimum absolute atomic E-state index is 1.02. The zero-order valence-corrected chi connectivity index (χ0v) is 11.9. The molecule has 1 aromatic heterocycles. The SMILES string of the molecule is Cc1ccc2ccc3nc(-c4ccccc4)ccc3c2c1. The fraction of sp³-hybridized carbons (Fsp3) is 0.0500. The Balaban J connectivity index is 1.99. The van der Waals surface area contributed by atoms with Gasteiger partial charge >= 0.3 is 0 Å². The summed E-state index contributed by atoms with van der Waals surface area (Å²) in [5, 5.41) is 3.76. The Morgan fingerprint density at radius 2 is 1.52 bits per heavy atom. The van der Waals surface area contributed by atoms with E-state index in [1.54, 1.807) is 0 Å². The van der Waals surface area contributed by atoms with E-state index in [1.165, 1.54) is 21.7 Å². The molecule has 0 atom stereocenters. The van der Waals surface area contributed by atoms with Crippen LogP contribution in [0.4, 0.5) is 0 Å². The molecular formula is C20H15N. The molecule has 0 saturated heterocycles. The molecule has 0 aliphatic carbocycles. The van der Waals surface area contributed by atoms with E-state index in [2.05, 4.69) is 61.5 Å². The molecule has 4 aromatic rings. The van der Waals surface area contributed by atoms with Crippen molar-refractivity contribution in [2.24, 2.45) is 0 Å². The third-order valence-electron chi connectivity index (χ3n) is 3.91. The highest BCUT2D eigenvalue weighted by atomic mass is 14.7. The zero-order valence-electron chi connectivity index (χ0n) is 11.9. The molecular weight excluding hydrogens is 254 g/mol. The second-order valence-electron chi connectivity index (χ2n) is 5.42. The van der Waals surface area contributed by atoms with Crippen molar-refractivity contribution in [1.82, 2.24) is 4.98 Å². The van der Waals surface area contributed by atoms with E-state index in [0.717, 1.165) is 16.8 Å². The average Bonchev–Trinajstić information content (AvgIpc) is 2.55. The van der Waals surface area contributed by atoms with Gasteiger partial charge in [0.25, 0.3) is 0 Å². The van der Waals surface area contributed by atoms with Crippen LogP contribution < -0.4 is 0 Å². The predicted molar refractivity (Wildman–Crippen MR) is 89.4 cm³/mol. The van der Waals surface area contributed by atoms with Gasteiger partial charge in [0, 0.05) is 10.9 Å². The van der Waals surface area contributed by atoms with Crippen molar-refractivity contribution in [2.45, 2.75) is 6.92 Å². The molecule has 0 radical (unpaired) electrons. The Hall–Kier alpha value is -2.67. The molecule has 0 aliphatic rings. The summed E-state index contributed by atoms with van der Waals surface area (Å²) in [4.78, 5) is 4.83. The number of fused-ring (bicyclic) bond motifs is 3. The molecule has 3 aromatic carbocycles. The quantitative estimate of drug-likeness (QED) is 0.424. The van der Waals surface area contributed by atoms with Gasteiger partial charge in [-0.2, -0.15) is 0 Å². The van der Waals surface area contributed by atoms with E-state index in [4.69, 9.17) is 4.98 Å². The normalized spacial score (nSPS) is 11.1. The Labute approximate surface area is 123 Å². The fourth-order valence-electron chi connectivity index (χ4n) is 2.82. The summed E-state index contributed by atoms with van der Waals surface area (Å²) in [5.74, 6) is 0. The van der Waals surface area contributed by atoms with E-state index < -0.39 is 0 Å². The fourth-order valence-corrected chi connectivity index (χ4v) is 2.82. The number of pyridine rings is 1. The number of rotatable bonds is 1. The Morgan fingerprint density at radius 3 is 2.38 bits per heavy atom. The number of nitrogens with zero attached hydrogens (tertiary/aromatic N) is 1. The van der Waals surface area contributed by atoms with Gasteiger partial charge in [-0.25, -0.2) is 4.98 Å². The minimum atomic E-state index is 1.02. The van der Waals surface area contributed by atoms with Crippen LogP contribution in [-0.2, 0) is 0 Å². The molecule has 1 nitrogen and oxygen atoms in total.